The number of carbonyl (C=O) groups is 1. The molecular formula is C16H11BrO2. The van der Waals surface area contributed by atoms with Gasteiger partial charge in [0.25, 0.3) is 0 Å². The van der Waals surface area contributed by atoms with E-state index in [-0.39, 0.29) is 6.10 Å². The van der Waals surface area contributed by atoms with Crippen molar-refractivity contribution in [2.75, 3.05) is 0 Å². The van der Waals surface area contributed by atoms with Gasteiger partial charge < -0.3 is 4.74 Å². The summed E-state index contributed by atoms with van der Waals surface area (Å²) in [4.78, 5) is 11.3. The Kier molecular flexibility index (Phi) is 3.22. The maximum Gasteiger partial charge on any atom is 0.152 e. The molecule has 3 heteroatoms. The Morgan fingerprint density at radius 2 is 1.79 bits per heavy atom. The van der Waals surface area contributed by atoms with Gasteiger partial charge in [-0.1, -0.05) is 46.3 Å². The summed E-state index contributed by atoms with van der Waals surface area (Å²) in [6, 6.07) is 15.5. The fraction of sp³-hybridized carbons (Fsp3) is 0.0625. The number of fused-ring (bicyclic) bond motifs is 1. The van der Waals surface area contributed by atoms with E-state index in [1.807, 2.05) is 54.6 Å². The number of hydrogen-bond acceptors (Lipinski definition) is 2. The number of carbonyl (C=O) groups excluding carboxylic acids is 1. The van der Waals surface area contributed by atoms with Crippen LogP contribution in [0.2, 0.25) is 0 Å². The van der Waals surface area contributed by atoms with Crippen molar-refractivity contribution in [2.24, 2.45) is 0 Å². The Bertz CT molecular complexity index is 644. The van der Waals surface area contributed by atoms with Crippen molar-refractivity contribution >= 4 is 28.3 Å². The predicted octanol–water partition coefficient (Wildman–Crippen LogP) is 4.17. The van der Waals surface area contributed by atoms with E-state index >= 15 is 0 Å². The third kappa shape index (κ3) is 2.34. The topological polar surface area (TPSA) is 26.3 Å². The lowest BCUT2D eigenvalue weighted by molar-refractivity contribution is -0.105. The van der Waals surface area contributed by atoms with Crippen LogP contribution in [-0.4, -0.2) is 6.29 Å². The van der Waals surface area contributed by atoms with Crippen molar-refractivity contribution < 1.29 is 9.53 Å². The second-order valence-electron chi connectivity index (χ2n) is 4.35. The molecule has 2 aromatic rings. The van der Waals surface area contributed by atoms with Gasteiger partial charge in [0, 0.05) is 15.6 Å². The molecule has 0 amide bonds. The molecule has 3 rings (SSSR count). The van der Waals surface area contributed by atoms with Crippen LogP contribution in [0, 0.1) is 0 Å². The number of rotatable bonds is 2. The number of para-hydroxylation sites is 1. The van der Waals surface area contributed by atoms with Crippen LogP contribution in [0.3, 0.4) is 0 Å². The summed E-state index contributed by atoms with van der Waals surface area (Å²) in [6.07, 6.45) is 2.42. The van der Waals surface area contributed by atoms with E-state index in [0.29, 0.717) is 5.57 Å². The molecule has 2 aromatic carbocycles. The summed E-state index contributed by atoms with van der Waals surface area (Å²) >= 11 is 3.40. The van der Waals surface area contributed by atoms with Gasteiger partial charge in [-0.05, 0) is 29.8 Å². The van der Waals surface area contributed by atoms with Crippen LogP contribution in [0.4, 0.5) is 0 Å². The summed E-state index contributed by atoms with van der Waals surface area (Å²) in [5.41, 5.74) is 2.55. The summed E-state index contributed by atoms with van der Waals surface area (Å²) in [6.45, 7) is 0. The lowest BCUT2D eigenvalue weighted by atomic mass is 9.97. The van der Waals surface area contributed by atoms with Gasteiger partial charge in [-0.15, -0.1) is 0 Å². The molecule has 0 saturated heterocycles. The smallest absolute Gasteiger partial charge is 0.152 e. The zero-order valence-electron chi connectivity index (χ0n) is 10.0. The summed E-state index contributed by atoms with van der Waals surface area (Å²) in [5.74, 6) is 0.806. The predicted molar refractivity (Wildman–Crippen MR) is 78.0 cm³/mol. The molecule has 19 heavy (non-hydrogen) atoms. The second kappa shape index (κ2) is 5.02. The maximum atomic E-state index is 11.3. The molecule has 0 fully saturated rings. The average molecular weight is 315 g/mol. The number of aldehydes is 1. The van der Waals surface area contributed by atoms with E-state index in [0.717, 1.165) is 27.6 Å². The molecule has 0 N–H and O–H groups in total. The van der Waals surface area contributed by atoms with Crippen LogP contribution in [0.1, 0.15) is 17.2 Å². The fourth-order valence-electron chi connectivity index (χ4n) is 2.15. The normalized spacial score (nSPS) is 17.1. The first kappa shape index (κ1) is 12.2. The van der Waals surface area contributed by atoms with Gasteiger partial charge in [-0.25, -0.2) is 0 Å². The number of halogens is 1. The number of ether oxygens (including phenoxy) is 1. The van der Waals surface area contributed by atoms with Crippen molar-refractivity contribution in [3.05, 3.63) is 69.7 Å². The highest BCUT2D eigenvalue weighted by Crippen LogP contribution is 2.36. The Labute approximate surface area is 119 Å². The van der Waals surface area contributed by atoms with Crippen molar-refractivity contribution in [2.45, 2.75) is 6.10 Å². The van der Waals surface area contributed by atoms with Gasteiger partial charge in [0.15, 0.2) is 6.10 Å². The molecule has 0 bridgehead atoms. The van der Waals surface area contributed by atoms with E-state index in [4.69, 9.17) is 4.74 Å². The Morgan fingerprint density at radius 1 is 1.05 bits per heavy atom. The van der Waals surface area contributed by atoms with Crippen molar-refractivity contribution in [1.82, 2.24) is 0 Å². The molecule has 0 aromatic heterocycles. The van der Waals surface area contributed by atoms with Crippen LogP contribution >= 0.6 is 15.9 Å². The van der Waals surface area contributed by atoms with Crippen LogP contribution in [0.5, 0.6) is 5.75 Å². The lowest BCUT2D eigenvalue weighted by Gasteiger charge is -2.25. The third-order valence-electron chi connectivity index (χ3n) is 3.10. The first-order chi connectivity index (χ1) is 9.28. The van der Waals surface area contributed by atoms with E-state index in [1.165, 1.54) is 0 Å². The first-order valence-electron chi connectivity index (χ1n) is 5.96. The molecule has 0 aliphatic carbocycles. The molecule has 1 aliphatic rings. The van der Waals surface area contributed by atoms with Crippen molar-refractivity contribution in [3.8, 4) is 5.75 Å². The monoisotopic (exact) mass is 314 g/mol. The molecule has 94 valence electrons. The van der Waals surface area contributed by atoms with Crippen LogP contribution < -0.4 is 4.74 Å². The first-order valence-corrected chi connectivity index (χ1v) is 6.75. The van der Waals surface area contributed by atoms with E-state index in [2.05, 4.69) is 15.9 Å². The lowest BCUT2D eigenvalue weighted by Crippen LogP contribution is -2.15. The third-order valence-corrected chi connectivity index (χ3v) is 3.63. The summed E-state index contributed by atoms with van der Waals surface area (Å²) in [5, 5.41) is 0. The fourth-order valence-corrected chi connectivity index (χ4v) is 2.42. The molecule has 1 atom stereocenters. The molecule has 1 aliphatic heterocycles. The summed E-state index contributed by atoms with van der Waals surface area (Å²) < 4.78 is 6.95. The highest BCUT2D eigenvalue weighted by molar-refractivity contribution is 9.10. The maximum absolute atomic E-state index is 11.3. The molecule has 0 radical (unpaired) electrons. The van der Waals surface area contributed by atoms with Gasteiger partial charge in [-0.2, -0.15) is 0 Å². The van der Waals surface area contributed by atoms with Crippen LogP contribution in [0.25, 0.3) is 6.08 Å². The zero-order valence-corrected chi connectivity index (χ0v) is 11.6. The molecule has 1 unspecified atom stereocenters. The largest absolute Gasteiger partial charge is 0.480 e. The summed E-state index contributed by atoms with van der Waals surface area (Å²) in [7, 11) is 0. The molecule has 2 nitrogen and oxygen atoms in total. The average Bonchev–Trinajstić information content (AvgIpc) is 2.46. The van der Waals surface area contributed by atoms with Gasteiger partial charge in [0.2, 0.25) is 0 Å². The van der Waals surface area contributed by atoms with Gasteiger partial charge in [0.05, 0.1) is 0 Å². The van der Waals surface area contributed by atoms with Crippen LogP contribution in [0.15, 0.2) is 58.6 Å². The highest BCUT2D eigenvalue weighted by atomic mass is 79.9. The number of benzene rings is 2. The minimum atomic E-state index is -0.333. The van der Waals surface area contributed by atoms with E-state index in [9.17, 15) is 4.79 Å². The SMILES string of the molecule is O=CC1=Cc2ccccc2OC1c1ccc(Br)cc1. The minimum absolute atomic E-state index is 0.333. The Balaban J connectivity index is 2.04. The van der Waals surface area contributed by atoms with Crippen molar-refractivity contribution in [3.63, 3.8) is 0 Å². The Morgan fingerprint density at radius 3 is 2.53 bits per heavy atom. The quantitative estimate of drug-likeness (QED) is 0.778. The number of hydrogen-bond donors (Lipinski definition) is 0. The zero-order chi connectivity index (χ0) is 13.2. The Hall–Kier alpha value is -1.87. The van der Waals surface area contributed by atoms with Crippen LogP contribution in [-0.2, 0) is 4.79 Å². The highest BCUT2D eigenvalue weighted by Gasteiger charge is 2.23. The molecule has 0 saturated carbocycles. The molecule has 0 spiro atoms. The van der Waals surface area contributed by atoms with Crippen molar-refractivity contribution in [1.29, 1.82) is 0 Å². The van der Waals surface area contributed by atoms with E-state index < -0.39 is 0 Å². The molecule has 1 heterocycles. The second-order valence-corrected chi connectivity index (χ2v) is 5.27. The van der Waals surface area contributed by atoms with Gasteiger partial charge >= 0.3 is 0 Å². The standard InChI is InChI=1S/C16H11BrO2/c17-14-7-5-11(6-8-14)16-13(10-18)9-12-3-1-2-4-15(12)19-16/h1-10,16H. The molecular weight excluding hydrogens is 304 g/mol. The van der Waals surface area contributed by atoms with Gasteiger partial charge in [-0.3, -0.25) is 4.79 Å². The minimum Gasteiger partial charge on any atom is -0.480 e. The van der Waals surface area contributed by atoms with E-state index in [1.54, 1.807) is 0 Å². The van der Waals surface area contributed by atoms with Gasteiger partial charge in [0.1, 0.15) is 12.0 Å².